The fraction of sp³-hybridized carbons (Fsp3) is 0.694. The van der Waals surface area contributed by atoms with E-state index in [9.17, 15) is 19.0 Å². The van der Waals surface area contributed by atoms with E-state index in [2.05, 4.69) is 160 Å². The topological polar surface area (TPSA) is 134 Å². The Hall–Kier alpha value is -4.11. The second-order valence-electron chi connectivity index (χ2n) is 25.8. The van der Waals surface area contributed by atoms with Gasteiger partial charge in [-0.3, -0.25) is 18.6 Å². The number of esters is 2. The fourth-order valence-corrected chi connectivity index (χ4v) is 11.8. The normalized spacial score (nSPS) is 13.7. The number of unbranched alkanes of at least 4 members (excludes halogenated alkanes) is 36. The van der Waals surface area contributed by atoms with Crippen molar-refractivity contribution in [2.45, 2.75) is 354 Å². The van der Waals surface area contributed by atoms with Crippen molar-refractivity contribution in [2.75, 3.05) is 26.4 Å². The summed E-state index contributed by atoms with van der Waals surface area (Å²) in [6, 6.07) is 0. The summed E-state index contributed by atoms with van der Waals surface area (Å²) in [5, 5.41) is 0. The summed E-state index contributed by atoms with van der Waals surface area (Å²) < 4.78 is 33.3. The largest absolute Gasteiger partial charge is 0.472 e. The van der Waals surface area contributed by atoms with Crippen LogP contribution in [0.3, 0.4) is 0 Å². The zero-order valence-corrected chi connectivity index (χ0v) is 62.3. The zero-order chi connectivity index (χ0) is 68.6. The maximum atomic E-state index is 12.8. The number of phosphoric acid groups is 1. The fourth-order valence-electron chi connectivity index (χ4n) is 11.0. The first kappa shape index (κ1) is 90.9. The summed E-state index contributed by atoms with van der Waals surface area (Å²) in [5.74, 6) is -0.823. The van der Waals surface area contributed by atoms with Gasteiger partial charge in [0, 0.05) is 19.4 Å². The molecule has 3 N–H and O–H groups in total. The highest BCUT2D eigenvalue weighted by atomic mass is 31.2. The van der Waals surface area contributed by atoms with Crippen molar-refractivity contribution in [1.29, 1.82) is 0 Å². The van der Waals surface area contributed by atoms with Gasteiger partial charge in [-0.05, 0) is 116 Å². The zero-order valence-electron chi connectivity index (χ0n) is 61.4. The quantitative estimate of drug-likeness (QED) is 0.0264. The van der Waals surface area contributed by atoms with Gasteiger partial charge in [0.05, 0.1) is 13.2 Å². The maximum absolute atomic E-state index is 12.8. The molecule has 0 saturated carbocycles. The van der Waals surface area contributed by atoms with Crippen molar-refractivity contribution < 1.29 is 37.6 Å². The highest BCUT2D eigenvalue weighted by Gasteiger charge is 2.26. The molecule has 2 atom stereocenters. The Kier molecular flexibility index (Phi) is 75.5. The Balaban J connectivity index is 3.82. The van der Waals surface area contributed by atoms with E-state index in [0.717, 1.165) is 122 Å². The number of ether oxygens (including phenoxy) is 2. The molecule has 95 heavy (non-hydrogen) atoms. The number of carbonyl (C=O) groups excluding carboxylic acids is 2. The van der Waals surface area contributed by atoms with E-state index in [1.54, 1.807) is 0 Å². The molecule has 0 amide bonds. The number of phosphoric ester groups is 1. The first-order valence-corrected chi connectivity index (χ1v) is 40.8. The second kappa shape index (κ2) is 78.9. The van der Waals surface area contributed by atoms with Gasteiger partial charge >= 0.3 is 19.8 Å². The molecular weight excluding hydrogens is 1190 g/mol. The molecule has 0 rings (SSSR count). The predicted molar refractivity (Wildman–Crippen MR) is 413 cm³/mol. The molecule has 544 valence electrons. The minimum absolute atomic E-state index is 0.0490. The molecule has 0 aliphatic heterocycles. The lowest BCUT2D eigenvalue weighted by molar-refractivity contribution is -0.161. The van der Waals surface area contributed by atoms with Gasteiger partial charge in [0.15, 0.2) is 6.10 Å². The van der Waals surface area contributed by atoms with Gasteiger partial charge in [-0.1, -0.05) is 365 Å². The summed E-state index contributed by atoms with van der Waals surface area (Å²) in [5.41, 5.74) is 5.41. The lowest BCUT2D eigenvalue weighted by atomic mass is 10.0. The van der Waals surface area contributed by atoms with Gasteiger partial charge in [-0.15, -0.1) is 0 Å². The molecule has 0 heterocycles. The number of carbonyl (C=O) groups is 2. The van der Waals surface area contributed by atoms with E-state index in [1.807, 2.05) is 0 Å². The molecule has 9 nitrogen and oxygen atoms in total. The molecule has 2 unspecified atom stereocenters. The minimum Gasteiger partial charge on any atom is -0.462 e. The van der Waals surface area contributed by atoms with Crippen LogP contribution in [0.5, 0.6) is 0 Å². The Morgan fingerprint density at radius 3 is 0.811 bits per heavy atom. The van der Waals surface area contributed by atoms with Crippen molar-refractivity contribution in [3.63, 3.8) is 0 Å². The van der Waals surface area contributed by atoms with Crippen LogP contribution in [0.1, 0.15) is 348 Å². The van der Waals surface area contributed by atoms with Crippen LogP contribution in [-0.2, 0) is 32.7 Å². The molecule has 0 aromatic rings. The van der Waals surface area contributed by atoms with Crippen LogP contribution in [0.15, 0.2) is 146 Å². The van der Waals surface area contributed by atoms with E-state index in [4.69, 9.17) is 24.3 Å². The van der Waals surface area contributed by atoms with Crippen molar-refractivity contribution in [3.8, 4) is 0 Å². The molecule has 0 radical (unpaired) electrons. The van der Waals surface area contributed by atoms with Crippen LogP contribution >= 0.6 is 7.82 Å². The van der Waals surface area contributed by atoms with Gasteiger partial charge in [0.25, 0.3) is 0 Å². The van der Waals surface area contributed by atoms with Crippen molar-refractivity contribution in [2.24, 2.45) is 5.73 Å². The number of hydrogen-bond acceptors (Lipinski definition) is 8. The summed E-state index contributed by atoms with van der Waals surface area (Å²) in [6.07, 6.45) is 114. The smallest absolute Gasteiger partial charge is 0.462 e. The Morgan fingerprint density at radius 1 is 0.316 bits per heavy atom. The van der Waals surface area contributed by atoms with Gasteiger partial charge in [-0.25, -0.2) is 4.57 Å². The van der Waals surface area contributed by atoms with Gasteiger partial charge < -0.3 is 20.1 Å². The summed E-state index contributed by atoms with van der Waals surface area (Å²) in [4.78, 5) is 35.5. The summed E-state index contributed by atoms with van der Waals surface area (Å²) in [6.45, 7) is 3.54. The van der Waals surface area contributed by atoms with Gasteiger partial charge in [-0.2, -0.15) is 0 Å². The molecule has 0 aliphatic rings. The lowest BCUT2D eigenvalue weighted by Gasteiger charge is -2.19. The average Bonchev–Trinajstić information content (AvgIpc) is 3.25. The highest BCUT2D eigenvalue weighted by Crippen LogP contribution is 2.43. The number of rotatable bonds is 73. The predicted octanol–water partition coefficient (Wildman–Crippen LogP) is 26.5. The molecule has 0 aliphatic carbocycles. The van der Waals surface area contributed by atoms with Crippen molar-refractivity contribution >= 4 is 19.8 Å². The minimum atomic E-state index is -4.40. The molecular formula is C85H146NO8P. The van der Waals surface area contributed by atoms with Gasteiger partial charge in [0.1, 0.15) is 6.61 Å². The first-order valence-electron chi connectivity index (χ1n) is 39.3. The van der Waals surface area contributed by atoms with E-state index in [0.29, 0.717) is 6.42 Å². The molecule has 0 spiro atoms. The highest BCUT2D eigenvalue weighted by molar-refractivity contribution is 7.47. The lowest BCUT2D eigenvalue weighted by Crippen LogP contribution is -2.29. The van der Waals surface area contributed by atoms with E-state index in [1.165, 1.54) is 193 Å². The summed E-state index contributed by atoms with van der Waals surface area (Å²) >= 11 is 0. The third kappa shape index (κ3) is 78.8. The molecule has 0 aromatic carbocycles. The van der Waals surface area contributed by atoms with E-state index < -0.39 is 26.5 Å². The molecule has 10 heteroatoms. The van der Waals surface area contributed by atoms with Crippen LogP contribution < -0.4 is 5.73 Å². The Bertz CT molecular complexity index is 2080. The monoisotopic (exact) mass is 1340 g/mol. The standard InChI is InChI=1S/C85H146NO8P/c1-3-5-7-9-11-13-15-17-19-21-23-25-27-29-31-33-35-37-38-39-40-41-42-43-44-46-47-49-51-53-55-57-59-61-63-65-67-69-71-73-75-77-84(87)91-81-83(82-93-95(89,90)92-80-79-86)94-85(88)78-76-74-72-70-68-66-64-62-60-58-56-54-52-50-48-45-36-34-32-30-28-26-24-22-20-18-16-14-12-10-8-6-4-2/h5-8,11-14,17-20,23-26,29-32,36,45,50,52,83H,3-4,9-10,15-16,21-22,27-28,33-35,37-44,46-49,51,53-82,86H2,1-2H3,(H,89,90)/b7-5-,8-6-,13-11-,14-12-,19-17-,20-18-,25-23-,26-24-,31-29-,32-30-,45-36-,52-50-. The average molecular weight is 1340 g/mol. The SMILES string of the molecule is CC/C=C\C/C=C\C/C=C\C/C=C\C/C=C\C/C=C\C/C=C\CCCCCCCCCCCCCC(=O)OC(COC(=O)CCCCCCCCCCCCCCCCCCCCCCCCCCC/C=C\C/C=C\C/C=C\C/C=C\C/C=C\CC)COP(=O)(O)OCCN. The van der Waals surface area contributed by atoms with Crippen molar-refractivity contribution in [1.82, 2.24) is 0 Å². The van der Waals surface area contributed by atoms with Crippen LogP contribution in [0.2, 0.25) is 0 Å². The second-order valence-corrected chi connectivity index (χ2v) is 27.3. The third-order valence-corrected chi connectivity index (χ3v) is 17.7. The summed E-state index contributed by atoms with van der Waals surface area (Å²) in [7, 11) is -4.40. The van der Waals surface area contributed by atoms with Crippen LogP contribution in [0.25, 0.3) is 0 Å². The maximum Gasteiger partial charge on any atom is 0.472 e. The molecule has 0 saturated heterocycles. The number of hydrogen-bond donors (Lipinski definition) is 2. The number of allylic oxidation sites excluding steroid dienone is 24. The Morgan fingerprint density at radius 2 is 0.547 bits per heavy atom. The Labute approximate surface area is 586 Å². The van der Waals surface area contributed by atoms with Crippen LogP contribution in [0, 0.1) is 0 Å². The van der Waals surface area contributed by atoms with Crippen molar-refractivity contribution in [3.05, 3.63) is 146 Å². The number of nitrogens with two attached hydrogens (primary N) is 1. The molecule has 0 bridgehead atoms. The molecule has 0 aromatic heterocycles. The van der Waals surface area contributed by atoms with Crippen LogP contribution in [0.4, 0.5) is 0 Å². The first-order chi connectivity index (χ1) is 46.8. The van der Waals surface area contributed by atoms with E-state index >= 15 is 0 Å². The van der Waals surface area contributed by atoms with Crippen LogP contribution in [-0.4, -0.2) is 49.3 Å². The molecule has 0 fully saturated rings. The van der Waals surface area contributed by atoms with E-state index in [-0.39, 0.29) is 38.6 Å². The van der Waals surface area contributed by atoms with Gasteiger partial charge in [0.2, 0.25) is 0 Å². The third-order valence-electron chi connectivity index (χ3n) is 16.7.